The summed E-state index contributed by atoms with van der Waals surface area (Å²) in [6.45, 7) is 3.57. The third kappa shape index (κ3) is 1.80. The van der Waals surface area contributed by atoms with Gasteiger partial charge in [-0.05, 0) is 19.9 Å². The Kier molecular flexibility index (Phi) is 2.16. The second-order valence-electron chi connectivity index (χ2n) is 3.08. The van der Waals surface area contributed by atoms with E-state index in [1.54, 1.807) is 19.9 Å². The van der Waals surface area contributed by atoms with Gasteiger partial charge in [-0.25, -0.2) is 17.9 Å². The van der Waals surface area contributed by atoms with Gasteiger partial charge in [-0.3, -0.25) is 0 Å². The van der Waals surface area contributed by atoms with Gasteiger partial charge in [0.15, 0.2) is 0 Å². The Bertz CT molecular complexity index is 634. The molecule has 0 aliphatic heterocycles. The molecule has 6 nitrogen and oxygen atoms in total. The summed E-state index contributed by atoms with van der Waals surface area (Å²) in [7, 11) is 1.22. The smallest absolute Gasteiger partial charge is 0.216 e. The van der Waals surface area contributed by atoms with E-state index < -0.39 is 14.2 Å². The molecule has 2 heterocycles. The molecule has 2 aromatic rings. The number of aromatic nitrogens is 4. The molecule has 0 unspecified atom stereocenters. The van der Waals surface area contributed by atoms with Crippen LogP contribution in [0.1, 0.15) is 11.4 Å². The van der Waals surface area contributed by atoms with Crippen LogP contribution >= 0.6 is 10.7 Å². The van der Waals surface area contributed by atoms with Crippen molar-refractivity contribution in [2.24, 2.45) is 0 Å². The summed E-state index contributed by atoms with van der Waals surface area (Å²) in [5, 5.41) is 3.32. The fourth-order valence-electron chi connectivity index (χ4n) is 1.25. The standard InChI is InChI=1S/C7H7ClN4O2S/c1-4-3-5(2)12-6(9-4)10-7(11-12)15(8,13)14/h3H,1-2H3. The van der Waals surface area contributed by atoms with E-state index in [4.69, 9.17) is 10.7 Å². The van der Waals surface area contributed by atoms with Crippen molar-refractivity contribution in [1.29, 1.82) is 0 Å². The Hall–Kier alpha value is -1.21. The molecule has 0 atom stereocenters. The first-order valence-corrected chi connectivity index (χ1v) is 6.34. The van der Waals surface area contributed by atoms with Crippen molar-refractivity contribution in [3.8, 4) is 0 Å². The average Bonchev–Trinajstić information content (AvgIpc) is 2.46. The van der Waals surface area contributed by atoms with Crippen LogP contribution in [-0.4, -0.2) is 28.0 Å². The largest absolute Gasteiger partial charge is 0.298 e. The Morgan fingerprint density at radius 2 is 2.00 bits per heavy atom. The van der Waals surface area contributed by atoms with Crippen LogP contribution in [0, 0.1) is 13.8 Å². The summed E-state index contributed by atoms with van der Waals surface area (Å²) in [6, 6.07) is 1.77. The molecule has 80 valence electrons. The highest BCUT2D eigenvalue weighted by Gasteiger charge is 2.18. The van der Waals surface area contributed by atoms with Gasteiger partial charge in [-0.1, -0.05) is 0 Å². The van der Waals surface area contributed by atoms with Gasteiger partial charge in [0.25, 0.3) is 20.0 Å². The van der Waals surface area contributed by atoms with Crippen molar-refractivity contribution >= 4 is 25.5 Å². The van der Waals surface area contributed by atoms with Gasteiger partial charge in [0.1, 0.15) is 0 Å². The molecule has 0 radical (unpaired) electrons. The minimum absolute atomic E-state index is 0.228. The molecule has 0 aliphatic rings. The number of nitrogens with zero attached hydrogens (tertiary/aromatic N) is 4. The zero-order valence-corrected chi connectivity index (χ0v) is 9.54. The van der Waals surface area contributed by atoms with Crippen molar-refractivity contribution in [3.63, 3.8) is 0 Å². The fourth-order valence-corrected chi connectivity index (χ4v) is 1.82. The number of hydrogen-bond donors (Lipinski definition) is 0. The van der Waals surface area contributed by atoms with E-state index in [1.807, 2.05) is 0 Å². The first-order chi connectivity index (χ1) is 6.88. The predicted molar refractivity (Wildman–Crippen MR) is 53.3 cm³/mol. The minimum Gasteiger partial charge on any atom is -0.216 e. The van der Waals surface area contributed by atoms with Gasteiger partial charge in [-0.15, -0.1) is 5.10 Å². The summed E-state index contributed by atoms with van der Waals surface area (Å²) in [6.07, 6.45) is 0. The van der Waals surface area contributed by atoms with E-state index in [2.05, 4.69) is 15.1 Å². The number of halogens is 1. The van der Waals surface area contributed by atoms with Crippen LogP contribution in [-0.2, 0) is 9.05 Å². The monoisotopic (exact) mass is 246 g/mol. The van der Waals surface area contributed by atoms with E-state index in [9.17, 15) is 8.42 Å². The number of hydrogen-bond acceptors (Lipinski definition) is 5. The average molecular weight is 247 g/mol. The van der Waals surface area contributed by atoms with Gasteiger partial charge in [-0.2, -0.15) is 4.98 Å². The lowest BCUT2D eigenvalue weighted by Crippen LogP contribution is -1.98. The van der Waals surface area contributed by atoms with Crippen molar-refractivity contribution in [1.82, 2.24) is 19.6 Å². The highest BCUT2D eigenvalue weighted by molar-refractivity contribution is 8.13. The fraction of sp³-hybridized carbons (Fsp3) is 0.286. The molecule has 0 aromatic carbocycles. The third-order valence-electron chi connectivity index (χ3n) is 1.82. The van der Waals surface area contributed by atoms with E-state index in [-0.39, 0.29) is 5.78 Å². The second-order valence-corrected chi connectivity index (χ2v) is 5.54. The lowest BCUT2D eigenvalue weighted by Gasteiger charge is -1.97. The van der Waals surface area contributed by atoms with Crippen LogP contribution in [0.2, 0.25) is 0 Å². The highest BCUT2D eigenvalue weighted by atomic mass is 35.7. The van der Waals surface area contributed by atoms with Crippen LogP contribution in [0.15, 0.2) is 11.2 Å². The van der Waals surface area contributed by atoms with E-state index >= 15 is 0 Å². The third-order valence-corrected chi connectivity index (χ3v) is 2.84. The molecule has 0 aliphatic carbocycles. The highest BCUT2D eigenvalue weighted by Crippen LogP contribution is 2.12. The summed E-state index contributed by atoms with van der Waals surface area (Å²) < 4.78 is 23.3. The number of aryl methyl sites for hydroxylation is 2. The molecule has 8 heteroatoms. The first-order valence-electron chi connectivity index (χ1n) is 4.03. The molecule has 2 aromatic heterocycles. The summed E-state index contributed by atoms with van der Waals surface area (Å²) in [5.41, 5.74) is 1.49. The van der Waals surface area contributed by atoms with E-state index in [1.165, 1.54) is 4.52 Å². The minimum atomic E-state index is -3.91. The van der Waals surface area contributed by atoms with Crippen LogP contribution in [0.25, 0.3) is 5.78 Å². The van der Waals surface area contributed by atoms with Gasteiger partial charge >= 0.3 is 0 Å². The molecule has 0 spiro atoms. The van der Waals surface area contributed by atoms with Gasteiger partial charge < -0.3 is 0 Å². The van der Waals surface area contributed by atoms with Crippen LogP contribution in [0.5, 0.6) is 0 Å². The second kappa shape index (κ2) is 3.14. The molecule has 2 rings (SSSR count). The molecule has 0 fully saturated rings. The Labute approximate surface area is 90.3 Å². The Morgan fingerprint density at radius 1 is 1.33 bits per heavy atom. The summed E-state index contributed by atoms with van der Waals surface area (Å²) >= 11 is 0. The van der Waals surface area contributed by atoms with E-state index in [0.29, 0.717) is 0 Å². The molecule has 0 saturated carbocycles. The molecule has 0 amide bonds. The summed E-state index contributed by atoms with van der Waals surface area (Å²) in [5.74, 6) is 0.228. The van der Waals surface area contributed by atoms with Crippen molar-refractivity contribution < 1.29 is 8.42 Å². The quantitative estimate of drug-likeness (QED) is 0.691. The number of rotatable bonds is 1. The topological polar surface area (TPSA) is 77.2 Å². The van der Waals surface area contributed by atoms with Crippen molar-refractivity contribution in [2.75, 3.05) is 0 Å². The zero-order chi connectivity index (χ0) is 11.2. The predicted octanol–water partition coefficient (Wildman–Crippen LogP) is 0.669. The number of fused-ring (bicyclic) bond motifs is 1. The first kappa shape index (κ1) is 10.3. The maximum absolute atomic E-state index is 11.0. The molecule has 0 bridgehead atoms. The molecule has 15 heavy (non-hydrogen) atoms. The van der Waals surface area contributed by atoms with Gasteiger partial charge in [0, 0.05) is 22.1 Å². The lowest BCUT2D eigenvalue weighted by molar-refractivity contribution is 0.601. The van der Waals surface area contributed by atoms with Crippen molar-refractivity contribution in [2.45, 2.75) is 19.0 Å². The Morgan fingerprint density at radius 3 is 2.60 bits per heavy atom. The maximum atomic E-state index is 11.0. The van der Waals surface area contributed by atoms with E-state index in [0.717, 1.165) is 11.4 Å². The molecular weight excluding hydrogens is 240 g/mol. The molecule has 0 N–H and O–H groups in total. The van der Waals surface area contributed by atoms with Crippen LogP contribution in [0.3, 0.4) is 0 Å². The normalized spacial score (nSPS) is 12.2. The van der Waals surface area contributed by atoms with Gasteiger partial charge in [0.05, 0.1) is 0 Å². The van der Waals surface area contributed by atoms with Crippen LogP contribution in [0.4, 0.5) is 0 Å². The summed E-state index contributed by atoms with van der Waals surface area (Å²) in [4.78, 5) is 7.76. The van der Waals surface area contributed by atoms with Crippen molar-refractivity contribution in [3.05, 3.63) is 17.5 Å². The molecule has 0 saturated heterocycles. The van der Waals surface area contributed by atoms with Gasteiger partial charge in [0.2, 0.25) is 0 Å². The Balaban J connectivity index is 2.82. The van der Waals surface area contributed by atoms with Crippen LogP contribution < -0.4 is 0 Å². The lowest BCUT2D eigenvalue weighted by atomic mass is 10.4. The zero-order valence-electron chi connectivity index (χ0n) is 7.97. The SMILES string of the molecule is Cc1cc(C)n2nc(S(=O)(=O)Cl)nc2n1. The maximum Gasteiger partial charge on any atom is 0.298 e. The molecular formula is C7H7ClN4O2S.